The molecule has 0 aliphatic rings. The van der Waals surface area contributed by atoms with Crippen LogP contribution in [0.25, 0.3) is 0 Å². The summed E-state index contributed by atoms with van der Waals surface area (Å²) in [5.74, 6) is 0.00259. The van der Waals surface area contributed by atoms with Crippen molar-refractivity contribution in [1.82, 2.24) is 0 Å². The number of Topliss-reactive ketones (excluding diaryl/α,β-unsaturated/α-hetero) is 1. The zero-order chi connectivity index (χ0) is 8.36. The van der Waals surface area contributed by atoms with Gasteiger partial charge in [0.05, 0.1) is 11.1 Å². The van der Waals surface area contributed by atoms with Gasteiger partial charge in [0.2, 0.25) is 0 Å². The molecule has 0 saturated heterocycles. The minimum Gasteiger partial charge on any atom is -0.411 e. The van der Waals surface area contributed by atoms with Crippen molar-refractivity contribution in [2.75, 3.05) is 0 Å². The summed E-state index contributed by atoms with van der Waals surface area (Å²) in [6, 6.07) is 0. The molecule has 58 valence electrons. The Bertz CT molecular complexity index is 170. The molecule has 0 unspecified atom stereocenters. The van der Waals surface area contributed by atoms with Gasteiger partial charge in [-0.05, 0) is 27.7 Å². The van der Waals surface area contributed by atoms with E-state index in [1.54, 1.807) is 20.8 Å². The molecule has 0 rings (SSSR count). The van der Waals surface area contributed by atoms with Gasteiger partial charge in [-0.1, -0.05) is 5.16 Å². The molecular formula is C7H13NO2. The lowest BCUT2D eigenvalue weighted by molar-refractivity contribution is -0.121. The highest BCUT2D eigenvalue weighted by Gasteiger charge is 2.27. The summed E-state index contributed by atoms with van der Waals surface area (Å²) in [6.07, 6.45) is 0. The van der Waals surface area contributed by atoms with E-state index >= 15 is 0 Å². The SMILES string of the molecule is CC(=O)C(C)(C)/C(C)=N/O. The van der Waals surface area contributed by atoms with Gasteiger partial charge in [-0.2, -0.15) is 0 Å². The molecule has 0 aromatic rings. The van der Waals surface area contributed by atoms with Crippen LogP contribution in [0.5, 0.6) is 0 Å². The van der Waals surface area contributed by atoms with Gasteiger partial charge < -0.3 is 5.21 Å². The third-order valence-electron chi connectivity index (χ3n) is 1.93. The number of carbonyl (C=O) groups is 1. The highest BCUT2D eigenvalue weighted by molar-refractivity contribution is 6.06. The van der Waals surface area contributed by atoms with Crippen molar-refractivity contribution in [3.8, 4) is 0 Å². The Balaban J connectivity index is 4.56. The largest absolute Gasteiger partial charge is 0.411 e. The van der Waals surface area contributed by atoms with E-state index < -0.39 is 5.41 Å². The Labute approximate surface area is 60.7 Å². The molecule has 0 bridgehead atoms. The fraction of sp³-hybridized carbons (Fsp3) is 0.714. The van der Waals surface area contributed by atoms with E-state index in [1.807, 2.05) is 0 Å². The predicted molar refractivity (Wildman–Crippen MR) is 39.4 cm³/mol. The van der Waals surface area contributed by atoms with Gasteiger partial charge in [-0.3, -0.25) is 4.79 Å². The predicted octanol–water partition coefficient (Wildman–Crippen LogP) is 1.45. The molecule has 0 aliphatic heterocycles. The molecule has 0 atom stereocenters. The molecule has 0 aromatic carbocycles. The fourth-order valence-corrected chi connectivity index (χ4v) is 0.380. The lowest BCUT2D eigenvalue weighted by atomic mass is 9.84. The van der Waals surface area contributed by atoms with Crippen molar-refractivity contribution in [2.24, 2.45) is 10.6 Å². The van der Waals surface area contributed by atoms with Gasteiger partial charge in [0.15, 0.2) is 0 Å². The summed E-state index contributed by atoms with van der Waals surface area (Å²) in [5, 5.41) is 11.3. The quantitative estimate of drug-likeness (QED) is 0.361. The minimum absolute atomic E-state index is 0.00259. The lowest BCUT2D eigenvalue weighted by Gasteiger charge is -2.18. The zero-order valence-corrected chi connectivity index (χ0v) is 6.80. The second kappa shape index (κ2) is 2.82. The molecule has 0 fully saturated rings. The van der Waals surface area contributed by atoms with Crippen molar-refractivity contribution in [1.29, 1.82) is 0 Å². The van der Waals surface area contributed by atoms with Crippen LogP contribution in [0, 0.1) is 5.41 Å². The maximum Gasteiger partial charge on any atom is 0.141 e. The van der Waals surface area contributed by atoms with E-state index in [0.29, 0.717) is 5.71 Å². The number of ketones is 1. The first-order valence-corrected chi connectivity index (χ1v) is 3.13. The Morgan fingerprint density at radius 3 is 1.90 bits per heavy atom. The summed E-state index contributed by atoms with van der Waals surface area (Å²) < 4.78 is 0. The number of nitrogens with zero attached hydrogens (tertiary/aromatic N) is 1. The third kappa shape index (κ3) is 1.56. The van der Waals surface area contributed by atoms with Gasteiger partial charge in [-0.25, -0.2) is 0 Å². The molecule has 3 nitrogen and oxygen atoms in total. The normalized spacial score (nSPS) is 13.4. The van der Waals surface area contributed by atoms with Crippen LogP contribution in [0.3, 0.4) is 0 Å². The molecule has 0 radical (unpaired) electrons. The Morgan fingerprint density at radius 1 is 1.40 bits per heavy atom. The number of oxime groups is 1. The second-order valence-corrected chi connectivity index (χ2v) is 2.87. The topological polar surface area (TPSA) is 49.7 Å². The summed E-state index contributed by atoms with van der Waals surface area (Å²) in [4.78, 5) is 10.9. The van der Waals surface area contributed by atoms with Crippen LogP contribution in [0.2, 0.25) is 0 Å². The molecule has 0 aliphatic carbocycles. The van der Waals surface area contributed by atoms with E-state index in [9.17, 15) is 4.79 Å². The maximum absolute atomic E-state index is 10.9. The Kier molecular flexibility index (Phi) is 2.57. The number of carbonyl (C=O) groups excluding carboxylic acids is 1. The van der Waals surface area contributed by atoms with Crippen molar-refractivity contribution < 1.29 is 10.0 Å². The van der Waals surface area contributed by atoms with Gasteiger partial charge in [-0.15, -0.1) is 0 Å². The fourth-order valence-electron chi connectivity index (χ4n) is 0.380. The molecule has 0 spiro atoms. The highest BCUT2D eigenvalue weighted by Crippen LogP contribution is 2.18. The number of hydrogen-bond acceptors (Lipinski definition) is 3. The number of hydrogen-bond donors (Lipinski definition) is 1. The average Bonchev–Trinajstić information content (AvgIpc) is 1.86. The zero-order valence-electron chi connectivity index (χ0n) is 6.80. The van der Waals surface area contributed by atoms with Crippen molar-refractivity contribution in [2.45, 2.75) is 27.7 Å². The van der Waals surface area contributed by atoms with Crippen molar-refractivity contribution in [3.63, 3.8) is 0 Å². The van der Waals surface area contributed by atoms with Gasteiger partial charge in [0.1, 0.15) is 5.78 Å². The van der Waals surface area contributed by atoms with Crippen LogP contribution in [-0.4, -0.2) is 16.7 Å². The first kappa shape index (κ1) is 9.14. The standard InChI is InChI=1S/C7H13NO2/c1-5(8-10)7(3,4)6(2)9/h10H,1-4H3/b8-5+. The molecule has 0 saturated carbocycles. The van der Waals surface area contributed by atoms with Gasteiger partial charge in [0.25, 0.3) is 0 Å². The van der Waals surface area contributed by atoms with E-state index in [2.05, 4.69) is 5.16 Å². The van der Waals surface area contributed by atoms with Crippen molar-refractivity contribution >= 4 is 11.5 Å². The Hall–Kier alpha value is -0.860. The maximum atomic E-state index is 10.9. The molecule has 1 N–H and O–H groups in total. The molecule has 0 heterocycles. The summed E-state index contributed by atoms with van der Waals surface area (Å²) in [7, 11) is 0. The van der Waals surface area contributed by atoms with E-state index in [1.165, 1.54) is 6.92 Å². The van der Waals surface area contributed by atoms with Gasteiger partial charge >= 0.3 is 0 Å². The lowest BCUT2D eigenvalue weighted by Crippen LogP contribution is -2.29. The Morgan fingerprint density at radius 2 is 1.80 bits per heavy atom. The van der Waals surface area contributed by atoms with Crippen LogP contribution in [0.15, 0.2) is 5.16 Å². The first-order chi connectivity index (χ1) is 4.42. The minimum atomic E-state index is -0.630. The molecule has 0 aromatic heterocycles. The van der Waals surface area contributed by atoms with E-state index in [0.717, 1.165) is 0 Å². The molecule has 0 amide bonds. The van der Waals surface area contributed by atoms with Crippen LogP contribution >= 0.6 is 0 Å². The second-order valence-electron chi connectivity index (χ2n) is 2.87. The molecule has 3 heteroatoms. The molecular weight excluding hydrogens is 130 g/mol. The van der Waals surface area contributed by atoms with Crippen LogP contribution in [0.1, 0.15) is 27.7 Å². The summed E-state index contributed by atoms with van der Waals surface area (Å²) in [6.45, 7) is 6.56. The van der Waals surface area contributed by atoms with Gasteiger partial charge in [0, 0.05) is 0 Å². The summed E-state index contributed by atoms with van der Waals surface area (Å²) in [5.41, 5.74) is -0.186. The average molecular weight is 143 g/mol. The van der Waals surface area contributed by atoms with E-state index in [-0.39, 0.29) is 5.78 Å². The van der Waals surface area contributed by atoms with Crippen LogP contribution in [0.4, 0.5) is 0 Å². The summed E-state index contributed by atoms with van der Waals surface area (Å²) >= 11 is 0. The first-order valence-electron chi connectivity index (χ1n) is 3.13. The monoisotopic (exact) mass is 143 g/mol. The van der Waals surface area contributed by atoms with Crippen LogP contribution in [-0.2, 0) is 4.79 Å². The molecule has 10 heavy (non-hydrogen) atoms. The number of rotatable bonds is 2. The third-order valence-corrected chi connectivity index (χ3v) is 1.93. The van der Waals surface area contributed by atoms with E-state index in [4.69, 9.17) is 5.21 Å². The highest BCUT2D eigenvalue weighted by atomic mass is 16.4. The smallest absolute Gasteiger partial charge is 0.141 e. The van der Waals surface area contributed by atoms with Crippen LogP contribution < -0.4 is 0 Å². The van der Waals surface area contributed by atoms with Crippen molar-refractivity contribution in [3.05, 3.63) is 0 Å².